The van der Waals surface area contributed by atoms with Gasteiger partial charge in [-0.3, -0.25) is 9.78 Å². The average molecular weight is 353 g/mol. The Labute approximate surface area is 151 Å². The van der Waals surface area contributed by atoms with E-state index in [1.165, 1.54) is 0 Å². The molecule has 2 aromatic carbocycles. The fraction of sp³-hybridized carbons (Fsp3) is 0.100. The lowest BCUT2D eigenvalue weighted by Gasteiger charge is -2.12. The molecule has 0 fully saturated rings. The molecule has 5 heteroatoms. The van der Waals surface area contributed by atoms with Gasteiger partial charge in [-0.25, -0.2) is 0 Å². The van der Waals surface area contributed by atoms with Crippen LogP contribution in [0.5, 0.6) is 5.75 Å². The Morgan fingerprint density at radius 1 is 1.04 bits per heavy atom. The molecule has 0 unspecified atom stereocenters. The standard InChI is InChI=1S/C20H17ClN2O2/c1-25-18-10-16(11-23-12-18)13-2-4-15(5-3-13)20(24)19(22)14-6-8-17(21)9-7-14/h2-12,19H,22H2,1H3/t19-/m0/s1. The highest BCUT2D eigenvalue weighted by Crippen LogP contribution is 2.24. The molecular weight excluding hydrogens is 336 g/mol. The van der Waals surface area contributed by atoms with Crippen molar-refractivity contribution >= 4 is 17.4 Å². The molecular formula is C20H17ClN2O2. The van der Waals surface area contributed by atoms with Crippen LogP contribution >= 0.6 is 11.6 Å². The van der Waals surface area contributed by atoms with E-state index in [1.807, 2.05) is 18.2 Å². The summed E-state index contributed by atoms with van der Waals surface area (Å²) in [5.41, 5.74) is 9.24. The Morgan fingerprint density at radius 3 is 2.36 bits per heavy atom. The second kappa shape index (κ2) is 7.47. The van der Waals surface area contributed by atoms with Gasteiger partial charge in [-0.05, 0) is 29.3 Å². The number of aromatic nitrogens is 1. The van der Waals surface area contributed by atoms with Crippen LogP contribution < -0.4 is 10.5 Å². The first-order valence-electron chi connectivity index (χ1n) is 7.73. The molecule has 4 nitrogen and oxygen atoms in total. The van der Waals surface area contributed by atoms with Crippen LogP contribution in [0.15, 0.2) is 67.0 Å². The van der Waals surface area contributed by atoms with Crippen molar-refractivity contribution in [2.45, 2.75) is 6.04 Å². The highest BCUT2D eigenvalue weighted by Gasteiger charge is 2.17. The van der Waals surface area contributed by atoms with E-state index >= 15 is 0 Å². The van der Waals surface area contributed by atoms with Gasteiger partial charge in [-0.1, -0.05) is 48.0 Å². The number of hydrogen-bond acceptors (Lipinski definition) is 4. The van der Waals surface area contributed by atoms with E-state index in [9.17, 15) is 4.79 Å². The van der Waals surface area contributed by atoms with E-state index in [-0.39, 0.29) is 5.78 Å². The second-order valence-electron chi connectivity index (χ2n) is 5.58. The zero-order valence-electron chi connectivity index (χ0n) is 13.6. The summed E-state index contributed by atoms with van der Waals surface area (Å²) in [6.45, 7) is 0. The lowest BCUT2D eigenvalue weighted by atomic mass is 9.96. The van der Waals surface area contributed by atoms with Gasteiger partial charge < -0.3 is 10.5 Å². The summed E-state index contributed by atoms with van der Waals surface area (Å²) >= 11 is 5.87. The van der Waals surface area contributed by atoms with Gasteiger partial charge >= 0.3 is 0 Å². The molecule has 2 N–H and O–H groups in total. The van der Waals surface area contributed by atoms with Crippen LogP contribution in [-0.2, 0) is 0 Å². The first-order chi connectivity index (χ1) is 12.1. The summed E-state index contributed by atoms with van der Waals surface area (Å²) in [5, 5.41) is 0.611. The fourth-order valence-corrected chi connectivity index (χ4v) is 2.64. The van der Waals surface area contributed by atoms with E-state index in [2.05, 4.69) is 4.98 Å². The summed E-state index contributed by atoms with van der Waals surface area (Å²) in [6.07, 6.45) is 3.39. The largest absolute Gasteiger partial charge is 0.495 e. The van der Waals surface area contributed by atoms with Crippen LogP contribution in [-0.4, -0.2) is 17.9 Å². The number of ether oxygens (including phenoxy) is 1. The van der Waals surface area contributed by atoms with Crippen LogP contribution in [0.4, 0.5) is 0 Å². The van der Waals surface area contributed by atoms with Crippen molar-refractivity contribution in [3.8, 4) is 16.9 Å². The Balaban J connectivity index is 1.81. The summed E-state index contributed by atoms with van der Waals surface area (Å²) in [7, 11) is 1.60. The summed E-state index contributed by atoms with van der Waals surface area (Å²) < 4.78 is 5.18. The number of Topliss-reactive ketones (excluding diaryl/α,β-unsaturated/α-hetero) is 1. The molecule has 1 atom stereocenters. The van der Waals surface area contributed by atoms with Gasteiger partial charge in [0.1, 0.15) is 5.75 Å². The zero-order chi connectivity index (χ0) is 17.8. The smallest absolute Gasteiger partial charge is 0.184 e. The van der Waals surface area contributed by atoms with Gasteiger partial charge in [-0.2, -0.15) is 0 Å². The number of benzene rings is 2. The molecule has 0 amide bonds. The molecule has 126 valence electrons. The maximum atomic E-state index is 12.6. The van der Waals surface area contributed by atoms with Crippen LogP contribution in [0, 0.1) is 0 Å². The minimum Gasteiger partial charge on any atom is -0.495 e. The maximum absolute atomic E-state index is 12.6. The molecule has 25 heavy (non-hydrogen) atoms. The third-order valence-corrected chi connectivity index (χ3v) is 4.22. The minimum absolute atomic E-state index is 0.141. The molecule has 1 heterocycles. The zero-order valence-corrected chi connectivity index (χ0v) is 14.4. The van der Waals surface area contributed by atoms with E-state index in [1.54, 1.807) is 55.9 Å². The van der Waals surface area contributed by atoms with Gasteiger partial charge in [0.05, 0.1) is 19.3 Å². The normalized spacial score (nSPS) is 11.8. The van der Waals surface area contributed by atoms with Gasteiger partial charge in [0.15, 0.2) is 5.78 Å². The van der Waals surface area contributed by atoms with Crippen molar-refractivity contribution in [1.29, 1.82) is 0 Å². The number of hydrogen-bond donors (Lipinski definition) is 1. The first kappa shape index (κ1) is 17.1. The quantitative estimate of drug-likeness (QED) is 0.695. The van der Waals surface area contributed by atoms with E-state index in [0.29, 0.717) is 16.3 Å². The van der Waals surface area contributed by atoms with Gasteiger partial charge in [-0.15, -0.1) is 0 Å². The average Bonchev–Trinajstić information content (AvgIpc) is 2.67. The molecule has 0 aliphatic carbocycles. The molecule has 0 spiro atoms. The summed E-state index contributed by atoms with van der Waals surface area (Å²) in [6, 6.07) is 15.4. The Kier molecular flexibility index (Phi) is 5.12. The molecule has 3 rings (SSSR count). The monoisotopic (exact) mass is 352 g/mol. The van der Waals surface area contributed by atoms with Crippen molar-refractivity contribution in [2.75, 3.05) is 7.11 Å². The van der Waals surface area contributed by atoms with Crippen molar-refractivity contribution in [3.05, 3.63) is 83.1 Å². The summed E-state index contributed by atoms with van der Waals surface area (Å²) in [5.74, 6) is 0.542. The number of nitrogens with two attached hydrogens (primary N) is 1. The second-order valence-corrected chi connectivity index (χ2v) is 6.02. The number of pyridine rings is 1. The number of carbonyl (C=O) groups is 1. The van der Waals surface area contributed by atoms with Crippen molar-refractivity contribution in [2.24, 2.45) is 5.73 Å². The Hall–Kier alpha value is -2.69. The Morgan fingerprint density at radius 2 is 1.72 bits per heavy atom. The minimum atomic E-state index is -0.721. The van der Waals surface area contributed by atoms with Crippen LogP contribution in [0.3, 0.4) is 0 Å². The van der Waals surface area contributed by atoms with Gasteiger partial charge in [0.2, 0.25) is 0 Å². The molecule has 3 aromatic rings. The van der Waals surface area contributed by atoms with E-state index in [0.717, 1.165) is 16.7 Å². The lowest BCUT2D eigenvalue weighted by Crippen LogP contribution is -2.21. The topological polar surface area (TPSA) is 65.2 Å². The highest BCUT2D eigenvalue weighted by atomic mass is 35.5. The van der Waals surface area contributed by atoms with Gasteiger partial charge in [0, 0.05) is 22.3 Å². The fourth-order valence-electron chi connectivity index (χ4n) is 2.52. The number of rotatable bonds is 5. The predicted molar refractivity (Wildman–Crippen MR) is 98.9 cm³/mol. The van der Waals surface area contributed by atoms with Crippen molar-refractivity contribution in [3.63, 3.8) is 0 Å². The SMILES string of the molecule is COc1cncc(-c2ccc(C(=O)[C@@H](N)c3ccc(Cl)cc3)cc2)c1. The van der Waals surface area contributed by atoms with Crippen LogP contribution in [0.1, 0.15) is 22.0 Å². The highest BCUT2D eigenvalue weighted by molar-refractivity contribution is 6.30. The molecule has 0 radical (unpaired) electrons. The van der Waals surface area contributed by atoms with E-state index in [4.69, 9.17) is 22.1 Å². The van der Waals surface area contributed by atoms with Gasteiger partial charge in [0.25, 0.3) is 0 Å². The lowest BCUT2D eigenvalue weighted by molar-refractivity contribution is 0.0961. The number of methoxy groups -OCH3 is 1. The molecule has 0 saturated heterocycles. The molecule has 0 aliphatic rings. The van der Waals surface area contributed by atoms with Crippen LogP contribution in [0.25, 0.3) is 11.1 Å². The van der Waals surface area contributed by atoms with Crippen molar-refractivity contribution < 1.29 is 9.53 Å². The molecule has 0 saturated carbocycles. The van der Waals surface area contributed by atoms with Crippen LogP contribution in [0.2, 0.25) is 5.02 Å². The third kappa shape index (κ3) is 3.87. The maximum Gasteiger partial charge on any atom is 0.184 e. The number of nitrogens with zero attached hydrogens (tertiary/aromatic N) is 1. The predicted octanol–water partition coefficient (Wildman–Crippen LogP) is 4.29. The molecule has 0 bridgehead atoms. The van der Waals surface area contributed by atoms with Crippen molar-refractivity contribution in [1.82, 2.24) is 4.98 Å². The number of halogens is 1. The molecule has 1 aromatic heterocycles. The summed E-state index contributed by atoms with van der Waals surface area (Å²) in [4.78, 5) is 16.7. The number of ketones is 1. The number of carbonyl (C=O) groups excluding carboxylic acids is 1. The third-order valence-electron chi connectivity index (χ3n) is 3.96. The molecule has 0 aliphatic heterocycles. The van der Waals surface area contributed by atoms with E-state index < -0.39 is 6.04 Å². The first-order valence-corrected chi connectivity index (χ1v) is 8.11. The Bertz CT molecular complexity index is 877.